The summed E-state index contributed by atoms with van der Waals surface area (Å²) in [5, 5.41) is 0. The second-order valence-corrected chi connectivity index (χ2v) is 4.49. The van der Waals surface area contributed by atoms with Crippen molar-refractivity contribution in [2.24, 2.45) is 11.7 Å². The van der Waals surface area contributed by atoms with Crippen molar-refractivity contribution in [3.8, 4) is 0 Å². The highest BCUT2D eigenvalue weighted by Crippen LogP contribution is 2.08. The van der Waals surface area contributed by atoms with Gasteiger partial charge >= 0.3 is 0 Å². The molecule has 2 heteroatoms. The molecular weight excluding hydrogens is 174 g/mol. The van der Waals surface area contributed by atoms with E-state index in [1.54, 1.807) is 0 Å². The van der Waals surface area contributed by atoms with E-state index in [1.165, 1.54) is 12.8 Å². The van der Waals surface area contributed by atoms with Crippen molar-refractivity contribution in [2.75, 3.05) is 13.2 Å². The summed E-state index contributed by atoms with van der Waals surface area (Å²) in [7, 11) is 0. The van der Waals surface area contributed by atoms with Gasteiger partial charge in [0.05, 0.1) is 0 Å². The van der Waals surface area contributed by atoms with Gasteiger partial charge in [-0.1, -0.05) is 33.6 Å². The zero-order valence-electron chi connectivity index (χ0n) is 10.1. The fourth-order valence-corrected chi connectivity index (χ4v) is 1.41. The first-order valence-electron chi connectivity index (χ1n) is 6.00. The second kappa shape index (κ2) is 9.47. The Bertz CT molecular complexity index is 115. The van der Waals surface area contributed by atoms with E-state index in [4.69, 9.17) is 10.5 Å². The van der Waals surface area contributed by atoms with Crippen LogP contribution in [0.1, 0.15) is 52.9 Å². The molecule has 0 aliphatic rings. The van der Waals surface area contributed by atoms with Crippen LogP contribution in [0.15, 0.2) is 0 Å². The van der Waals surface area contributed by atoms with Gasteiger partial charge in [-0.3, -0.25) is 0 Å². The lowest BCUT2D eigenvalue weighted by Gasteiger charge is -2.12. The van der Waals surface area contributed by atoms with Crippen molar-refractivity contribution in [1.82, 2.24) is 0 Å². The van der Waals surface area contributed by atoms with Crippen LogP contribution < -0.4 is 5.73 Å². The standard InChI is InChI=1S/C12H27NO/c1-4-9-14-10-8-12(13)7-5-6-11(2)3/h11-12H,4-10,13H2,1-3H3. The molecule has 0 bridgehead atoms. The molecular formula is C12H27NO. The van der Waals surface area contributed by atoms with Crippen molar-refractivity contribution < 1.29 is 4.74 Å². The van der Waals surface area contributed by atoms with Gasteiger partial charge in [-0.05, 0) is 25.2 Å². The Hall–Kier alpha value is -0.0800. The molecule has 0 aromatic heterocycles. The fourth-order valence-electron chi connectivity index (χ4n) is 1.41. The fraction of sp³-hybridized carbons (Fsp3) is 1.00. The Morgan fingerprint density at radius 3 is 2.36 bits per heavy atom. The zero-order valence-corrected chi connectivity index (χ0v) is 10.1. The molecule has 0 rings (SSSR count). The minimum Gasteiger partial charge on any atom is -0.381 e. The Morgan fingerprint density at radius 2 is 1.79 bits per heavy atom. The Labute approximate surface area is 89.2 Å². The number of rotatable bonds is 9. The second-order valence-electron chi connectivity index (χ2n) is 4.49. The molecule has 1 unspecified atom stereocenters. The lowest BCUT2D eigenvalue weighted by Crippen LogP contribution is -2.22. The highest BCUT2D eigenvalue weighted by atomic mass is 16.5. The van der Waals surface area contributed by atoms with Crippen molar-refractivity contribution in [3.05, 3.63) is 0 Å². The van der Waals surface area contributed by atoms with Gasteiger partial charge in [-0.25, -0.2) is 0 Å². The maximum atomic E-state index is 5.96. The van der Waals surface area contributed by atoms with Crippen molar-refractivity contribution in [1.29, 1.82) is 0 Å². The Morgan fingerprint density at radius 1 is 1.07 bits per heavy atom. The van der Waals surface area contributed by atoms with Crippen LogP contribution in [0.5, 0.6) is 0 Å². The third kappa shape index (κ3) is 10.0. The largest absolute Gasteiger partial charge is 0.381 e. The predicted molar refractivity (Wildman–Crippen MR) is 62.4 cm³/mol. The molecule has 0 aliphatic heterocycles. The molecule has 0 heterocycles. The first-order valence-corrected chi connectivity index (χ1v) is 6.00. The van der Waals surface area contributed by atoms with Crippen LogP contribution in [-0.4, -0.2) is 19.3 Å². The summed E-state index contributed by atoms with van der Waals surface area (Å²) < 4.78 is 5.40. The lowest BCUT2D eigenvalue weighted by atomic mass is 10.0. The summed E-state index contributed by atoms with van der Waals surface area (Å²) in [5.41, 5.74) is 5.96. The normalized spacial score (nSPS) is 13.5. The van der Waals surface area contributed by atoms with Gasteiger partial charge in [0.2, 0.25) is 0 Å². The molecule has 2 nitrogen and oxygen atoms in total. The SMILES string of the molecule is CCCOCCC(N)CCCC(C)C. The number of hydrogen-bond acceptors (Lipinski definition) is 2. The third-order valence-corrected chi connectivity index (χ3v) is 2.34. The molecule has 0 aromatic rings. The first-order chi connectivity index (χ1) is 6.66. The first kappa shape index (κ1) is 13.9. The summed E-state index contributed by atoms with van der Waals surface area (Å²) in [6, 6.07) is 0.339. The van der Waals surface area contributed by atoms with Crippen LogP contribution in [-0.2, 0) is 4.74 Å². The van der Waals surface area contributed by atoms with Crippen LogP contribution in [0.2, 0.25) is 0 Å². The summed E-state index contributed by atoms with van der Waals surface area (Å²) in [6.07, 6.45) is 5.81. The summed E-state index contributed by atoms with van der Waals surface area (Å²) >= 11 is 0. The Balaban J connectivity index is 3.15. The van der Waals surface area contributed by atoms with Gasteiger partial charge in [0.25, 0.3) is 0 Å². The maximum Gasteiger partial charge on any atom is 0.0480 e. The topological polar surface area (TPSA) is 35.2 Å². The van der Waals surface area contributed by atoms with E-state index < -0.39 is 0 Å². The van der Waals surface area contributed by atoms with E-state index in [9.17, 15) is 0 Å². The zero-order chi connectivity index (χ0) is 10.8. The minimum absolute atomic E-state index is 0.339. The molecule has 0 saturated heterocycles. The van der Waals surface area contributed by atoms with Gasteiger partial charge in [-0.2, -0.15) is 0 Å². The monoisotopic (exact) mass is 201 g/mol. The minimum atomic E-state index is 0.339. The van der Waals surface area contributed by atoms with E-state index in [0.717, 1.165) is 38.4 Å². The van der Waals surface area contributed by atoms with Crippen LogP contribution in [0, 0.1) is 5.92 Å². The van der Waals surface area contributed by atoms with Crippen LogP contribution >= 0.6 is 0 Å². The lowest BCUT2D eigenvalue weighted by molar-refractivity contribution is 0.126. The van der Waals surface area contributed by atoms with Gasteiger partial charge in [0, 0.05) is 19.3 Å². The van der Waals surface area contributed by atoms with Gasteiger partial charge in [0.15, 0.2) is 0 Å². The van der Waals surface area contributed by atoms with E-state index in [2.05, 4.69) is 20.8 Å². The number of hydrogen-bond donors (Lipinski definition) is 1. The van der Waals surface area contributed by atoms with Crippen molar-refractivity contribution in [2.45, 2.75) is 58.9 Å². The average molecular weight is 201 g/mol. The molecule has 2 N–H and O–H groups in total. The van der Waals surface area contributed by atoms with E-state index in [1.807, 2.05) is 0 Å². The smallest absolute Gasteiger partial charge is 0.0480 e. The predicted octanol–water partition coefficient (Wildman–Crippen LogP) is 2.96. The molecule has 86 valence electrons. The highest BCUT2D eigenvalue weighted by Gasteiger charge is 2.03. The van der Waals surface area contributed by atoms with Gasteiger partial charge < -0.3 is 10.5 Å². The molecule has 0 aromatic carbocycles. The van der Waals surface area contributed by atoms with Crippen LogP contribution in [0.25, 0.3) is 0 Å². The molecule has 0 fully saturated rings. The third-order valence-electron chi connectivity index (χ3n) is 2.34. The summed E-state index contributed by atoms with van der Waals surface area (Å²) in [4.78, 5) is 0. The number of ether oxygens (including phenoxy) is 1. The molecule has 14 heavy (non-hydrogen) atoms. The van der Waals surface area contributed by atoms with Crippen LogP contribution in [0.4, 0.5) is 0 Å². The van der Waals surface area contributed by atoms with Crippen molar-refractivity contribution in [3.63, 3.8) is 0 Å². The average Bonchev–Trinajstić information content (AvgIpc) is 2.12. The molecule has 0 radical (unpaired) electrons. The molecule has 0 amide bonds. The van der Waals surface area contributed by atoms with Gasteiger partial charge in [0.1, 0.15) is 0 Å². The van der Waals surface area contributed by atoms with Crippen LogP contribution in [0.3, 0.4) is 0 Å². The van der Waals surface area contributed by atoms with E-state index >= 15 is 0 Å². The van der Waals surface area contributed by atoms with E-state index in [-0.39, 0.29) is 0 Å². The summed E-state index contributed by atoms with van der Waals surface area (Å²) in [5.74, 6) is 0.804. The number of nitrogens with two attached hydrogens (primary N) is 1. The van der Waals surface area contributed by atoms with Crippen molar-refractivity contribution >= 4 is 0 Å². The molecule has 0 spiro atoms. The summed E-state index contributed by atoms with van der Waals surface area (Å²) in [6.45, 7) is 8.35. The van der Waals surface area contributed by atoms with E-state index in [0.29, 0.717) is 6.04 Å². The molecule has 0 saturated carbocycles. The Kier molecular flexibility index (Phi) is 9.42. The quantitative estimate of drug-likeness (QED) is 0.582. The molecule has 1 atom stereocenters. The van der Waals surface area contributed by atoms with Gasteiger partial charge in [-0.15, -0.1) is 0 Å². The molecule has 0 aliphatic carbocycles. The maximum absolute atomic E-state index is 5.96. The highest BCUT2D eigenvalue weighted by molar-refractivity contribution is 4.61.